The molecule has 1 aliphatic rings. The molecule has 1 unspecified atom stereocenters. The third-order valence-electron chi connectivity index (χ3n) is 5.37. The summed E-state index contributed by atoms with van der Waals surface area (Å²) in [5.74, 6) is -0.250. The van der Waals surface area contributed by atoms with Crippen LogP contribution in [0.5, 0.6) is 0 Å². The number of hydrogen-bond donors (Lipinski definition) is 0. The van der Waals surface area contributed by atoms with Crippen LogP contribution >= 0.6 is 22.7 Å². The van der Waals surface area contributed by atoms with E-state index in [0.717, 1.165) is 20.0 Å². The van der Waals surface area contributed by atoms with E-state index in [4.69, 9.17) is 0 Å². The van der Waals surface area contributed by atoms with Crippen molar-refractivity contribution in [3.63, 3.8) is 0 Å². The van der Waals surface area contributed by atoms with Crippen LogP contribution in [-0.4, -0.2) is 35.3 Å². The van der Waals surface area contributed by atoms with Crippen molar-refractivity contribution < 1.29 is 4.79 Å². The summed E-state index contributed by atoms with van der Waals surface area (Å²) in [4.78, 5) is 44.4. The number of carbonyl (C=O) groups is 1. The zero-order valence-electron chi connectivity index (χ0n) is 16.8. The number of rotatable bonds is 4. The Bertz CT molecular complexity index is 1430. The van der Waals surface area contributed by atoms with Crippen molar-refractivity contribution in [1.29, 1.82) is 0 Å². The van der Waals surface area contributed by atoms with Crippen LogP contribution < -0.4 is 11.2 Å². The summed E-state index contributed by atoms with van der Waals surface area (Å²) in [7, 11) is 2.96. The fraction of sp³-hybridized carbons (Fsp3) is 0.250. The number of aromatic nitrogens is 4. The van der Waals surface area contributed by atoms with E-state index in [-0.39, 0.29) is 29.7 Å². The molecule has 0 fully saturated rings. The first-order valence-corrected chi connectivity index (χ1v) is 11.3. The fourth-order valence-corrected chi connectivity index (χ4v) is 5.30. The SMILES string of the molecule is Cn1c(=O)c2c(ncn2CC(=O)N2N=C(c3cccs3)CC2c2cccs2)n(C)c1=O. The lowest BCUT2D eigenvalue weighted by Gasteiger charge is -2.21. The summed E-state index contributed by atoms with van der Waals surface area (Å²) in [5, 5.41) is 10.1. The van der Waals surface area contributed by atoms with E-state index in [1.165, 1.54) is 27.5 Å². The van der Waals surface area contributed by atoms with Crippen molar-refractivity contribution in [1.82, 2.24) is 23.7 Å². The maximum Gasteiger partial charge on any atom is 0.332 e. The topological polar surface area (TPSA) is 94.5 Å². The van der Waals surface area contributed by atoms with Crippen LogP contribution in [-0.2, 0) is 25.4 Å². The van der Waals surface area contributed by atoms with Crippen LogP contribution in [0, 0.1) is 0 Å². The van der Waals surface area contributed by atoms with Gasteiger partial charge in [0.25, 0.3) is 11.5 Å². The van der Waals surface area contributed by atoms with Crippen molar-refractivity contribution in [3.8, 4) is 0 Å². The van der Waals surface area contributed by atoms with E-state index in [1.54, 1.807) is 29.7 Å². The fourth-order valence-electron chi connectivity index (χ4n) is 3.77. The van der Waals surface area contributed by atoms with Crippen LogP contribution in [0.2, 0.25) is 0 Å². The molecule has 4 aromatic heterocycles. The lowest BCUT2D eigenvalue weighted by molar-refractivity contribution is -0.133. The van der Waals surface area contributed by atoms with Crippen molar-refractivity contribution >= 4 is 45.5 Å². The first-order chi connectivity index (χ1) is 15.0. The number of thiophene rings is 2. The van der Waals surface area contributed by atoms with E-state index in [2.05, 4.69) is 10.1 Å². The number of nitrogens with zero attached hydrogens (tertiary/aromatic N) is 6. The molecule has 1 aliphatic heterocycles. The summed E-state index contributed by atoms with van der Waals surface area (Å²) < 4.78 is 3.81. The molecule has 4 aromatic rings. The number of carbonyl (C=O) groups excluding carboxylic acids is 1. The van der Waals surface area contributed by atoms with Gasteiger partial charge in [-0.3, -0.25) is 18.7 Å². The van der Waals surface area contributed by atoms with Gasteiger partial charge in [-0.2, -0.15) is 5.10 Å². The maximum atomic E-state index is 13.3. The van der Waals surface area contributed by atoms with Gasteiger partial charge in [0.1, 0.15) is 6.54 Å². The summed E-state index contributed by atoms with van der Waals surface area (Å²) in [6.45, 7) is -0.104. The molecular formula is C20H18N6O3S2. The standard InChI is InChI=1S/C20H18N6O3S2/c1-23-18-17(19(28)24(2)20(23)29)25(11-21-18)10-16(27)26-13(15-6-4-8-31-15)9-12(22-26)14-5-3-7-30-14/h3-8,11,13H,9-10H2,1-2H3. The molecular weight excluding hydrogens is 436 g/mol. The molecule has 5 rings (SSSR count). The van der Waals surface area contributed by atoms with Gasteiger partial charge in [-0.1, -0.05) is 12.1 Å². The molecule has 5 heterocycles. The largest absolute Gasteiger partial charge is 0.332 e. The van der Waals surface area contributed by atoms with Crippen molar-refractivity contribution in [2.75, 3.05) is 0 Å². The highest BCUT2D eigenvalue weighted by Gasteiger charge is 2.34. The minimum atomic E-state index is -0.484. The smallest absolute Gasteiger partial charge is 0.315 e. The Hall–Kier alpha value is -3.31. The number of amides is 1. The zero-order chi connectivity index (χ0) is 21.7. The predicted octanol–water partition coefficient (Wildman–Crippen LogP) is 1.93. The predicted molar refractivity (Wildman–Crippen MR) is 120 cm³/mol. The van der Waals surface area contributed by atoms with Crippen LogP contribution in [0.1, 0.15) is 22.2 Å². The van der Waals surface area contributed by atoms with Crippen LogP contribution in [0.3, 0.4) is 0 Å². The Morgan fingerprint density at radius 1 is 1.13 bits per heavy atom. The second-order valence-corrected chi connectivity index (χ2v) is 9.18. The molecule has 1 atom stereocenters. The highest BCUT2D eigenvalue weighted by molar-refractivity contribution is 7.12. The van der Waals surface area contributed by atoms with Crippen molar-refractivity contribution in [2.45, 2.75) is 19.0 Å². The molecule has 0 saturated carbocycles. The lowest BCUT2D eigenvalue weighted by Crippen LogP contribution is -2.38. The Morgan fingerprint density at radius 2 is 1.90 bits per heavy atom. The number of imidazole rings is 1. The summed E-state index contributed by atoms with van der Waals surface area (Å²) in [6, 6.07) is 7.73. The minimum Gasteiger partial charge on any atom is -0.315 e. The lowest BCUT2D eigenvalue weighted by atomic mass is 10.1. The minimum absolute atomic E-state index is 0.104. The summed E-state index contributed by atoms with van der Waals surface area (Å²) >= 11 is 3.17. The van der Waals surface area contributed by atoms with Crippen LogP contribution in [0.25, 0.3) is 11.2 Å². The summed E-state index contributed by atoms with van der Waals surface area (Å²) in [5.41, 5.74) is 0.390. The van der Waals surface area contributed by atoms with Gasteiger partial charge in [0.05, 0.1) is 23.0 Å². The monoisotopic (exact) mass is 454 g/mol. The number of aryl methyl sites for hydroxylation is 1. The molecule has 0 spiro atoms. The second kappa shape index (κ2) is 7.43. The molecule has 0 radical (unpaired) electrons. The van der Waals surface area contributed by atoms with Gasteiger partial charge in [0.15, 0.2) is 11.2 Å². The molecule has 1 amide bonds. The van der Waals surface area contributed by atoms with E-state index in [0.29, 0.717) is 6.42 Å². The molecule has 0 aliphatic carbocycles. The first kappa shape index (κ1) is 19.6. The van der Waals surface area contributed by atoms with Crippen molar-refractivity contribution in [3.05, 3.63) is 71.9 Å². The van der Waals surface area contributed by atoms with E-state index >= 15 is 0 Å². The Balaban J connectivity index is 1.53. The zero-order valence-corrected chi connectivity index (χ0v) is 18.4. The van der Waals surface area contributed by atoms with Gasteiger partial charge < -0.3 is 4.57 Å². The van der Waals surface area contributed by atoms with E-state index < -0.39 is 11.2 Å². The normalized spacial score (nSPS) is 16.3. The van der Waals surface area contributed by atoms with Crippen LogP contribution in [0.4, 0.5) is 0 Å². The highest BCUT2D eigenvalue weighted by atomic mass is 32.1. The third kappa shape index (κ3) is 3.17. The molecule has 11 heteroatoms. The molecule has 0 aromatic carbocycles. The van der Waals surface area contributed by atoms with Crippen LogP contribution in [0.15, 0.2) is 56.0 Å². The van der Waals surface area contributed by atoms with Gasteiger partial charge in [-0.15, -0.1) is 22.7 Å². The Kier molecular flexibility index (Phi) is 4.71. The molecule has 31 heavy (non-hydrogen) atoms. The molecule has 0 bridgehead atoms. The average molecular weight is 455 g/mol. The Morgan fingerprint density at radius 3 is 2.61 bits per heavy atom. The van der Waals surface area contributed by atoms with Gasteiger partial charge >= 0.3 is 5.69 Å². The number of hydrazone groups is 1. The Labute approximate surface area is 184 Å². The maximum absolute atomic E-state index is 13.3. The van der Waals surface area contributed by atoms with Crippen molar-refractivity contribution in [2.24, 2.45) is 19.2 Å². The highest BCUT2D eigenvalue weighted by Crippen LogP contribution is 2.36. The van der Waals surface area contributed by atoms with Gasteiger partial charge in [0.2, 0.25) is 0 Å². The number of hydrogen-bond acceptors (Lipinski definition) is 7. The molecule has 0 N–H and O–H groups in total. The molecule has 0 saturated heterocycles. The summed E-state index contributed by atoms with van der Waals surface area (Å²) in [6.07, 6.45) is 2.05. The van der Waals surface area contributed by atoms with E-state index in [9.17, 15) is 14.4 Å². The first-order valence-electron chi connectivity index (χ1n) is 9.53. The second-order valence-electron chi connectivity index (χ2n) is 7.25. The van der Waals surface area contributed by atoms with Gasteiger partial charge in [-0.05, 0) is 22.9 Å². The van der Waals surface area contributed by atoms with Gasteiger partial charge in [-0.25, -0.2) is 14.8 Å². The average Bonchev–Trinajstić information content (AvgIpc) is 3.54. The van der Waals surface area contributed by atoms with Gasteiger partial charge in [0, 0.05) is 25.4 Å². The molecule has 158 valence electrons. The quantitative estimate of drug-likeness (QED) is 0.471. The third-order valence-corrected chi connectivity index (χ3v) is 7.26. The molecule has 9 nitrogen and oxygen atoms in total. The number of fused-ring (bicyclic) bond motifs is 1. The van der Waals surface area contributed by atoms with E-state index in [1.807, 2.05) is 35.0 Å².